The van der Waals surface area contributed by atoms with E-state index in [2.05, 4.69) is 15.6 Å². The minimum absolute atomic E-state index is 0.0733. The molecule has 0 aliphatic carbocycles. The number of carbonyl (C=O) groups is 2. The Labute approximate surface area is 163 Å². The second-order valence-electron chi connectivity index (χ2n) is 6.02. The number of carbonyl (C=O) groups excluding carboxylic acids is 2. The number of benzene rings is 2. The van der Waals surface area contributed by atoms with Crippen LogP contribution >= 0.6 is 11.8 Å². The third-order valence-corrected chi connectivity index (χ3v) is 4.91. The Kier molecular flexibility index (Phi) is 5.69. The molecule has 10 heteroatoms. The molecule has 0 aromatic heterocycles. The van der Waals surface area contributed by atoms with E-state index in [1.807, 2.05) is 0 Å². The van der Waals surface area contributed by atoms with Crippen molar-refractivity contribution in [2.75, 3.05) is 5.32 Å². The predicted octanol–water partition coefficient (Wildman–Crippen LogP) is 3.29. The first-order chi connectivity index (χ1) is 13.3. The number of nitro groups is 1. The number of amidine groups is 1. The average molecular weight is 402 g/mol. The van der Waals surface area contributed by atoms with Crippen LogP contribution in [0.15, 0.2) is 47.5 Å². The first-order valence-corrected chi connectivity index (χ1v) is 9.06. The molecule has 0 bridgehead atoms. The highest BCUT2D eigenvalue weighted by Gasteiger charge is 2.32. The lowest BCUT2D eigenvalue weighted by Gasteiger charge is -2.08. The van der Waals surface area contributed by atoms with E-state index >= 15 is 0 Å². The zero-order chi connectivity index (χ0) is 20.3. The summed E-state index contributed by atoms with van der Waals surface area (Å²) in [5.74, 6) is -1.31. The van der Waals surface area contributed by atoms with E-state index in [9.17, 15) is 24.1 Å². The second-order valence-corrected chi connectivity index (χ2v) is 7.21. The lowest BCUT2D eigenvalue weighted by atomic mass is 10.2. The fourth-order valence-electron chi connectivity index (χ4n) is 2.49. The maximum Gasteiger partial charge on any atom is 0.293 e. The van der Waals surface area contributed by atoms with Crippen molar-refractivity contribution >= 4 is 45.8 Å². The van der Waals surface area contributed by atoms with Crippen LogP contribution in [0, 0.1) is 22.9 Å². The molecule has 0 saturated carbocycles. The third-order valence-electron chi connectivity index (χ3n) is 3.83. The van der Waals surface area contributed by atoms with Gasteiger partial charge in [-0.05, 0) is 42.8 Å². The highest BCUT2D eigenvalue weighted by molar-refractivity contribution is 8.15. The van der Waals surface area contributed by atoms with Crippen molar-refractivity contribution in [3.63, 3.8) is 0 Å². The van der Waals surface area contributed by atoms with E-state index in [4.69, 9.17) is 0 Å². The number of nitro benzene ring substituents is 1. The molecular weight excluding hydrogens is 387 g/mol. The molecule has 1 heterocycles. The fourth-order valence-corrected chi connectivity index (χ4v) is 3.48. The van der Waals surface area contributed by atoms with Gasteiger partial charge in [-0.2, -0.15) is 0 Å². The number of nitrogens with zero attached hydrogens (tertiary/aromatic N) is 2. The Hall–Kier alpha value is -3.27. The zero-order valence-electron chi connectivity index (χ0n) is 14.6. The van der Waals surface area contributed by atoms with Gasteiger partial charge >= 0.3 is 0 Å². The molecule has 2 aromatic rings. The van der Waals surface area contributed by atoms with E-state index in [-0.39, 0.29) is 23.7 Å². The van der Waals surface area contributed by atoms with Crippen molar-refractivity contribution in [1.82, 2.24) is 5.32 Å². The minimum Gasteiger partial charge on any atom is -0.320 e. The monoisotopic (exact) mass is 402 g/mol. The normalized spacial score (nSPS) is 17.4. The number of anilines is 1. The number of nitrogens with one attached hydrogen (secondary N) is 2. The van der Waals surface area contributed by atoms with Gasteiger partial charge in [-0.15, -0.1) is 0 Å². The number of thioether (sulfide) groups is 1. The van der Waals surface area contributed by atoms with Crippen molar-refractivity contribution < 1.29 is 18.9 Å². The maximum atomic E-state index is 12.9. The summed E-state index contributed by atoms with van der Waals surface area (Å²) in [7, 11) is 0. The molecule has 1 saturated heterocycles. The van der Waals surface area contributed by atoms with E-state index in [0.29, 0.717) is 16.4 Å². The molecule has 1 aliphatic heterocycles. The zero-order valence-corrected chi connectivity index (χ0v) is 15.5. The van der Waals surface area contributed by atoms with Gasteiger partial charge in [0.25, 0.3) is 5.69 Å². The smallest absolute Gasteiger partial charge is 0.293 e. The first kappa shape index (κ1) is 19.5. The molecule has 1 fully saturated rings. The number of aryl methyl sites for hydroxylation is 1. The van der Waals surface area contributed by atoms with Crippen LogP contribution in [0.25, 0.3) is 0 Å². The molecule has 0 unspecified atom stereocenters. The summed E-state index contributed by atoms with van der Waals surface area (Å²) in [5, 5.41) is 15.8. The SMILES string of the molecule is Cc1ccc(NC(=O)C[C@H]2SC(=Nc3ccc(F)cc3)NC2=O)c([N+](=O)[O-])c1. The summed E-state index contributed by atoms with van der Waals surface area (Å²) >= 11 is 1.07. The van der Waals surface area contributed by atoms with Gasteiger partial charge in [0.2, 0.25) is 11.8 Å². The number of aliphatic imine (C=N–C) groups is 1. The number of hydrogen-bond acceptors (Lipinski definition) is 6. The Bertz CT molecular complexity index is 978. The van der Waals surface area contributed by atoms with Crippen LogP contribution in [-0.4, -0.2) is 27.2 Å². The lowest BCUT2D eigenvalue weighted by molar-refractivity contribution is -0.384. The lowest BCUT2D eigenvalue weighted by Crippen LogP contribution is -2.28. The van der Waals surface area contributed by atoms with Crippen LogP contribution in [0.3, 0.4) is 0 Å². The van der Waals surface area contributed by atoms with E-state index < -0.39 is 21.9 Å². The number of rotatable bonds is 5. The van der Waals surface area contributed by atoms with E-state index in [0.717, 1.165) is 11.8 Å². The Morgan fingerprint density at radius 3 is 2.71 bits per heavy atom. The maximum absolute atomic E-state index is 12.9. The van der Waals surface area contributed by atoms with Crippen molar-refractivity contribution in [3.8, 4) is 0 Å². The highest BCUT2D eigenvalue weighted by atomic mass is 32.2. The molecule has 144 valence electrons. The Morgan fingerprint density at radius 2 is 2.04 bits per heavy atom. The van der Waals surface area contributed by atoms with Gasteiger partial charge in [0.05, 0.1) is 10.6 Å². The van der Waals surface area contributed by atoms with E-state index in [1.54, 1.807) is 13.0 Å². The summed E-state index contributed by atoms with van der Waals surface area (Å²) in [6.45, 7) is 1.71. The molecule has 28 heavy (non-hydrogen) atoms. The van der Waals surface area contributed by atoms with Gasteiger partial charge < -0.3 is 10.6 Å². The highest BCUT2D eigenvalue weighted by Crippen LogP contribution is 2.28. The van der Waals surface area contributed by atoms with Crippen LogP contribution in [-0.2, 0) is 9.59 Å². The van der Waals surface area contributed by atoms with Crippen LogP contribution < -0.4 is 10.6 Å². The third kappa shape index (κ3) is 4.71. The molecule has 1 aliphatic rings. The molecule has 2 amide bonds. The molecular formula is C18H15FN4O4S. The van der Waals surface area contributed by atoms with Crippen LogP contribution in [0.4, 0.5) is 21.5 Å². The molecule has 3 rings (SSSR count). The molecule has 2 aromatic carbocycles. The van der Waals surface area contributed by atoms with Gasteiger partial charge in [-0.3, -0.25) is 19.7 Å². The van der Waals surface area contributed by atoms with Crippen molar-refractivity contribution in [2.24, 2.45) is 4.99 Å². The second kappa shape index (κ2) is 8.17. The largest absolute Gasteiger partial charge is 0.320 e. The van der Waals surface area contributed by atoms with Crippen molar-refractivity contribution in [2.45, 2.75) is 18.6 Å². The topological polar surface area (TPSA) is 114 Å². The van der Waals surface area contributed by atoms with Crippen molar-refractivity contribution in [1.29, 1.82) is 0 Å². The number of hydrogen-bond donors (Lipinski definition) is 2. The van der Waals surface area contributed by atoms with Gasteiger partial charge in [0.1, 0.15) is 16.8 Å². The number of halogens is 1. The van der Waals surface area contributed by atoms with Crippen LogP contribution in [0.5, 0.6) is 0 Å². The molecule has 0 radical (unpaired) electrons. The van der Waals surface area contributed by atoms with Crippen molar-refractivity contribution in [3.05, 3.63) is 64.0 Å². The molecule has 2 N–H and O–H groups in total. The summed E-state index contributed by atoms with van der Waals surface area (Å²) in [4.78, 5) is 39.1. The quantitative estimate of drug-likeness (QED) is 0.588. The van der Waals surface area contributed by atoms with Gasteiger partial charge in [0.15, 0.2) is 5.17 Å². The van der Waals surface area contributed by atoms with Gasteiger partial charge in [-0.25, -0.2) is 9.38 Å². The Balaban J connectivity index is 1.66. The van der Waals surface area contributed by atoms with Gasteiger partial charge in [-0.1, -0.05) is 17.8 Å². The fraction of sp³-hybridized carbons (Fsp3) is 0.167. The average Bonchev–Trinajstić information content (AvgIpc) is 2.97. The summed E-state index contributed by atoms with van der Waals surface area (Å²) in [6.07, 6.45) is -0.177. The van der Waals surface area contributed by atoms with E-state index in [1.165, 1.54) is 36.4 Å². The Morgan fingerprint density at radius 1 is 1.32 bits per heavy atom. The van der Waals surface area contributed by atoms with Gasteiger partial charge in [0, 0.05) is 12.5 Å². The summed E-state index contributed by atoms with van der Waals surface area (Å²) in [5.41, 5.74) is 1.02. The summed E-state index contributed by atoms with van der Waals surface area (Å²) in [6, 6.07) is 9.89. The van der Waals surface area contributed by atoms with Crippen LogP contribution in [0.2, 0.25) is 0 Å². The first-order valence-electron chi connectivity index (χ1n) is 8.18. The van der Waals surface area contributed by atoms with Crippen LogP contribution in [0.1, 0.15) is 12.0 Å². The molecule has 0 spiro atoms. The molecule has 1 atom stereocenters. The standard InChI is InChI=1S/C18H15FN4O4S/c1-10-2-7-13(14(8-10)23(26)27)21-16(24)9-15-17(25)22-18(28-15)20-12-5-3-11(19)4-6-12/h2-8,15H,9H2,1H3,(H,21,24)(H,20,22,25)/t15-/m1/s1. The predicted molar refractivity (Wildman–Crippen MR) is 104 cm³/mol. The molecule has 8 nitrogen and oxygen atoms in total. The number of amides is 2. The minimum atomic E-state index is -0.719. The summed E-state index contributed by atoms with van der Waals surface area (Å²) < 4.78 is 12.9.